The van der Waals surface area contributed by atoms with E-state index in [0.717, 1.165) is 5.56 Å². The van der Waals surface area contributed by atoms with E-state index < -0.39 is 0 Å². The summed E-state index contributed by atoms with van der Waals surface area (Å²) in [6.07, 6.45) is 0. The molecule has 1 rings (SSSR count). The summed E-state index contributed by atoms with van der Waals surface area (Å²) < 4.78 is 15.8. The van der Waals surface area contributed by atoms with Gasteiger partial charge < -0.3 is 24.6 Å². The largest absolute Gasteiger partial charge is 0.493 e. The maximum Gasteiger partial charge on any atom is 0.203 e. The van der Waals surface area contributed by atoms with Crippen molar-refractivity contribution in [1.29, 1.82) is 0 Å². The zero-order chi connectivity index (χ0) is 12.7. The first-order valence-corrected chi connectivity index (χ1v) is 5.37. The van der Waals surface area contributed by atoms with Crippen LogP contribution in [-0.4, -0.2) is 39.6 Å². The van der Waals surface area contributed by atoms with E-state index in [1.807, 2.05) is 12.1 Å². The highest BCUT2D eigenvalue weighted by Crippen LogP contribution is 2.39. The van der Waals surface area contributed by atoms with Crippen molar-refractivity contribution in [3.63, 3.8) is 0 Å². The first-order chi connectivity index (χ1) is 8.28. The Kier molecular flexibility index (Phi) is 5.59. The summed E-state index contributed by atoms with van der Waals surface area (Å²) in [5.41, 5.74) is 0.957. The third kappa shape index (κ3) is 3.25. The molecular formula is C12H19NO4. The standard InChI is InChI=1S/C12H19NO4/c1-15-10-5-4-9(8-13-6-7-14)11(16-2)12(10)17-3/h4-5,13-14H,6-8H2,1-3H3. The summed E-state index contributed by atoms with van der Waals surface area (Å²) in [7, 11) is 4.75. The van der Waals surface area contributed by atoms with Crippen LogP contribution >= 0.6 is 0 Å². The smallest absolute Gasteiger partial charge is 0.203 e. The van der Waals surface area contributed by atoms with E-state index in [1.165, 1.54) is 0 Å². The monoisotopic (exact) mass is 241 g/mol. The van der Waals surface area contributed by atoms with Crippen LogP contribution in [0.2, 0.25) is 0 Å². The van der Waals surface area contributed by atoms with Crippen LogP contribution in [0.3, 0.4) is 0 Å². The number of aliphatic hydroxyl groups is 1. The van der Waals surface area contributed by atoms with Gasteiger partial charge in [0, 0.05) is 18.7 Å². The molecule has 0 radical (unpaired) electrons. The van der Waals surface area contributed by atoms with Gasteiger partial charge in [-0.05, 0) is 6.07 Å². The van der Waals surface area contributed by atoms with Crippen LogP contribution in [0.1, 0.15) is 5.56 Å². The maximum absolute atomic E-state index is 8.72. The van der Waals surface area contributed by atoms with Crippen molar-refractivity contribution in [2.45, 2.75) is 6.54 Å². The molecule has 0 amide bonds. The molecule has 0 saturated carbocycles. The fraction of sp³-hybridized carbons (Fsp3) is 0.500. The molecule has 17 heavy (non-hydrogen) atoms. The van der Waals surface area contributed by atoms with Crippen molar-refractivity contribution in [1.82, 2.24) is 5.32 Å². The van der Waals surface area contributed by atoms with Crippen molar-refractivity contribution in [2.24, 2.45) is 0 Å². The van der Waals surface area contributed by atoms with Crippen LogP contribution in [0.15, 0.2) is 12.1 Å². The van der Waals surface area contributed by atoms with E-state index >= 15 is 0 Å². The van der Waals surface area contributed by atoms with Crippen molar-refractivity contribution in [2.75, 3.05) is 34.5 Å². The third-order valence-electron chi connectivity index (χ3n) is 2.39. The fourth-order valence-corrected chi connectivity index (χ4v) is 1.60. The zero-order valence-corrected chi connectivity index (χ0v) is 10.4. The lowest BCUT2D eigenvalue weighted by Gasteiger charge is -2.15. The Morgan fingerprint density at radius 3 is 2.29 bits per heavy atom. The second kappa shape index (κ2) is 6.98. The van der Waals surface area contributed by atoms with Gasteiger partial charge in [-0.1, -0.05) is 6.07 Å². The van der Waals surface area contributed by atoms with Gasteiger partial charge in [0.15, 0.2) is 11.5 Å². The van der Waals surface area contributed by atoms with Gasteiger partial charge in [0.1, 0.15) is 0 Å². The second-order valence-electron chi connectivity index (χ2n) is 3.39. The highest BCUT2D eigenvalue weighted by Gasteiger charge is 2.15. The average molecular weight is 241 g/mol. The third-order valence-corrected chi connectivity index (χ3v) is 2.39. The molecule has 0 aliphatic rings. The Morgan fingerprint density at radius 1 is 1.06 bits per heavy atom. The minimum absolute atomic E-state index is 0.107. The quantitative estimate of drug-likeness (QED) is 0.691. The Bertz CT molecular complexity index is 355. The van der Waals surface area contributed by atoms with Crippen LogP contribution in [-0.2, 0) is 6.54 Å². The summed E-state index contributed by atoms with van der Waals surface area (Å²) in [4.78, 5) is 0. The summed E-state index contributed by atoms with van der Waals surface area (Å²) >= 11 is 0. The fourth-order valence-electron chi connectivity index (χ4n) is 1.60. The molecule has 1 aromatic rings. The number of benzene rings is 1. The molecule has 0 aliphatic heterocycles. The van der Waals surface area contributed by atoms with Gasteiger partial charge in [0.25, 0.3) is 0 Å². The van der Waals surface area contributed by atoms with Crippen LogP contribution < -0.4 is 19.5 Å². The summed E-state index contributed by atoms with van der Waals surface area (Å²) in [5.74, 6) is 1.87. The molecule has 2 N–H and O–H groups in total. The molecule has 0 atom stereocenters. The number of nitrogens with one attached hydrogen (secondary N) is 1. The van der Waals surface area contributed by atoms with E-state index in [-0.39, 0.29) is 6.61 Å². The molecule has 0 fully saturated rings. The maximum atomic E-state index is 8.72. The number of ether oxygens (including phenoxy) is 3. The van der Waals surface area contributed by atoms with Crippen molar-refractivity contribution < 1.29 is 19.3 Å². The normalized spacial score (nSPS) is 10.1. The molecule has 0 bridgehead atoms. The molecule has 0 spiro atoms. The van der Waals surface area contributed by atoms with Gasteiger partial charge in [-0.2, -0.15) is 0 Å². The Balaban J connectivity index is 2.97. The van der Waals surface area contributed by atoms with Crippen LogP contribution in [0.5, 0.6) is 17.2 Å². The Labute approximate surface area is 101 Å². The molecule has 0 unspecified atom stereocenters. The number of hydrogen-bond donors (Lipinski definition) is 2. The topological polar surface area (TPSA) is 60.0 Å². The zero-order valence-electron chi connectivity index (χ0n) is 10.4. The summed E-state index contributed by atoms with van der Waals surface area (Å²) in [6, 6.07) is 3.74. The van der Waals surface area contributed by atoms with Gasteiger partial charge in [0.05, 0.1) is 27.9 Å². The van der Waals surface area contributed by atoms with Crippen LogP contribution in [0.4, 0.5) is 0 Å². The molecule has 0 aliphatic carbocycles. The molecule has 0 saturated heterocycles. The van der Waals surface area contributed by atoms with E-state index in [0.29, 0.717) is 30.3 Å². The summed E-state index contributed by atoms with van der Waals surface area (Å²) in [6.45, 7) is 1.25. The first kappa shape index (κ1) is 13.6. The summed E-state index contributed by atoms with van der Waals surface area (Å²) in [5, 5.41) is 11.8. The number of methoxy groups -OCH3 is 3. The molecule has 96 valence electrons. The van der Waals surface area contributed by atoms with Crippen molar-refractivity contribution in [3.8, 4) is 17.2 Å². The first-order valence-electron chi connectivity index (χ1n) is 5.37. The van der Waals surface area contributed by atoms with E-state index in [1.54, 1.807) is 21.3 Å². The number of rotatable bonds is 7. The number of hydrogen-bond acceptors (Lipinski definition) is 5. The Morgan fingerprint density at radius 2 is 1.76 bits per heavy atom. The van der Waals surface area contributed by atoms with Gasteiger partial charge in [0.2, 0.25) is 5.75 Å². The molecule has 5 nitrogen and oxygen atoms in total. The SMILES string of the molecule is COc1ccc(CNCCO)c(OC)c1OC. The van der Waals surface area contributed by atoms with Gasteiger partial charge in [-0.15, -0.1) is 0 Å². The lowest BCUT2D eigenvalue weighted by molar-refractivity contribution is 0.290. The molecule has 5 heteroatoms. The average Bonchev–Trinajstić information content (AvgIpc) is 2.38. The van der Waals surface area contributed by atoms with Gasteiger partial charge in [-0.25, -0.2) is 0 Å². The van der Waals surface area contributed by atoms with Crippen molar-refractivity contribution in [3.05, 3.63) is 17.7 Å². The lowest BCUT2D eigenvalue weighted by Crippen LogP contribution is -2.18. The van der Waals surface area contributed by atoms with Gasteiger partial charge >= 0.3 is 0 Å². The molecule has 0 aromatic heterocycles. The highest BCUT2D eigenvalue weighted by molar-refractivity contribution is 5.55. The minimum atomic E-state index is 0.107. The highest BCUT2D eigenvalue weighted by atomic mass is 16.5. The predicted molar refractivity (Wildman–Crippen MR) is 64.9 cm³/mol. The minimum Gasteiger partial charge on any atom is -0.493 e. The predicted octanol–water partition coefficient (Wildman–Crippen LogP) is 0.794. The van der Waals surface area contributed by atoms with E-state index in [4.69, 9.17) is 19.3 Å². The molecule has 0 heterocycles. The second-order valence-corrected chi connectivity index (χ2v) is 3.39. The Hall–Kier alpha value is -1.46. The lowest BCUT2D eigenvalue weighted by atomic mass is 10.1. The molecule has 1 aromatic carbocycles. The number of aliphatic hydroxyl groups excluding tert-OH is 1. The van der Waals surface area contributed by atoms with Crippen LogP contribution in [0, 0.1) is 0 Å². The molecular weight excluding hydrogens is 222 g/mol. The van der Waals surface area contributed by atoms with Crippen LogP contribution in [0.25, 0.3) is 0 Å². The van der Waals surface area contributed by atoms with E-state index in [9.17, 15) is 0 Å². The van der Waals surface area contributed by atoms with Gasteiger partial charge in [-0.3, -0.25) is 0 Å². The van der Waals surface area contributed by atoms with E-state index in [2.05, 4.69) is 5.32 Å². The van der Waals surface area contributed by atoms with Crippen molar-refractivity contribution >= 4 is 0 Å².